The molecule has 0 aromatic rings. The number of hydrogen-bond acceptors (Lipinski definition) is 6. The lowest BCUT2D eigenvalue weighted by Gasteiger charge is -2.24. The first-order chi connectivity index (χ1) is 11.0. The van der Waals surface area contributed by atoms with Crippen LogP contribution in [0.5, 0.6) is 0 Å². The zero-order valence-electron chi connectivity index (χ0n) is 16.6. The van der Waals surface area contributed by atoms with E-state index in [9.17, 15) is 18.0 Å². The predicted molar refractivity (Wildman–Crippen MR) is 95.4 cm³/mol. The lowest BCUT2D eigenvalue weighted by molar-refractivity contribution is -0.149. The van der Waals surface area contributed by atoms with E-state index in [4.69, 9.17) is 9.47 Å². The fraction of sp³-hybridized carbons (Fsp3) is 0.778. The minimum atomic E-state index is -3.94. The molecule has 7 heteroatoms. The Kier molecular flexibility index (Phi) is 5.56. The van der Waals surface area contributed by atoms with Gasteiger partial charge in [0.2, 0.25) is 0 Å². The van der Waals surface area contributed by atoms with Gasteiger partial charge < -0.3 is 9.47 Å². The van der Waals surface area contributed by atoms with Crippen molar-refractivity contribution in [1.82, 2.24) is 0 Å². The van der Waals surface area contributed by atoms with Crippen LogP contribution in [-0.2, 0) is 28.9 Å². The van der Waals surface area contributed by atoms with Crippen LogP contribution in [-0.4, -0.2) is 37.8 Å². The molecule has 0 N–H and O–H groups in total. The van der Waals surface area contributed by atoms with Gasteiger partial charge in [0.15, 0.2) is 9.84 Å². The molecule has 0 aliphatic heterocycles. The number of sulfone groups is 1. The van der Waals surface area contributed by atoms with Crippen LogP contribution in [0.1, 0.15) is 55.4 Å². The molecule has 1 rings (SSSR count). The number of carbonyl (C=O) groups is 2. The molecule has 0 spiro atoms. The lowest BCUT2D eigenvalue weighted by atomic mass is 10.1. The summed E-state index contributed by atoms with van der Waals surface area (Å²) in [5, 5.41) is 0. The number of carbonyl (C=O) groups excluding carboxylic acids is 2. The van der Waals surface area contributed by atoms with E-state index in [0.29, 0.717) is 0 Å². The Bertz CT molecular complexity index is 686. The Morgan fingerprint density at radius 2 is 1.52 bits per heavy atom. The molecule has 2 unspecified atom stereocenters. The highest BCUT2D eigenvalue weighted by Crippen LogP contribution is 2.60. The molecular weight excluding hydrogens is 344 g/mol. The number of esters is 2. The van der Waals surface area contributed by atoms with Gasteiger partial charge in [-0.3, -0.25) is 4.79 Å². The number of allylic oxidation sites excluding steroid dienone is 1. The van der Waals surface area contributed by atoms with Crippen molar-refractivity contribution in [2.24, 2.45) is 17.3 Å². The fourth-order valence-corrected chi connectivity index (χ4v) is 3.90. The van der Waals surface area contributed by atoms with Crippen LogP contribution in [0, 0.1) is 17.3 Å². The summed E-state index contributed by atoms with van der Waals surface area (Å²) in [6.45, 7) is 13.3. The smallest absolute Gasteiger partial charge is 0.349 e. The van der Waals surface area contributed by atoms with Gasteiger partial charge >= 0.3 is 11.9 Å². The molecule has 0 amide bonds. The van der Waals surface area contributed by atoms with Gasteiger partial charge in [-0.2, -0.15) is 0 Å². The predicted octanol–water partition coefficient (Wildman–Crippen LogP) is 2.87. The van der Waals surface area contributed by atoms with Crippen LogP contribution < -0.4 is 0 Å². The number of methoxy groups -OCH3 is 1. The zero-order chi connectivity index (χ0) is 20.0. The molecule has 144 valence electrons. The fourth-order valence-electron chi connectivity index (χ4n) is 2.65. The molecular formula is C18H30O6S. The summed E-state index contributed by atoms with van der Waals surface area (Å²) < 4.78 is 34.7. The Labute approximate surface area is 150 Å². The van der Waals surface area contributed by atoms with Gasteiger partial charge in [0.25, 0.3) is 0 Å². The van der Waals surface area contributed by atoms with Crippen LogP contribution in [0.25, 0.3) is 0 Å². The summed E-state index contributed by atoms with van der Waals surface area (Å²) in [5.74, 6) is -2.19. The third-order valence-electron chi connectivity index (χ3n) is 4.39. The molecule has 0 aromatic heterocycles. The first kappa shape index (κ1) is 21.7. The average Bonchev–Trinajstić information content (AvgIpc) is 2.92. The van der Waals surface area contributed by atoms with E-state index >= 15 is 0 Å². The van der Waals surface area contributed by atoms with Crippen LogP contribution >= 0.6 is 0 Å². The molecule has 1 aliphatic rings. The maximum atomic E-state index is 12.9. The molecule has 6 nitrogen and oxygen atoms in total. The van der Waals surface area contributed by atoms with E-state index in [1.807, 2.05) is 13.8 Å². The summed E-state index contributed by atoms with van der Waals surface area (Å²) in [6, 6.07) is 0. The monoisotopic (exact) mass is 374 g/mol. The Balaban J connectivity index is 3.40. The molecule has 1 fully saturated rings. The molecule has 0 saturated heterocycles. The lowest BCUT2D eigenvalue weighted by Crippen LogP contribution is -2.35. The van der Waals surface area contributed by atoms with Crippen molar-refractivity contribution >= 4 is 21.8 Å². The maximum absolute atomic E-state index is 12.9. The van der Waals surface area contributed by atoms with E-state index in [2.05, 4.69) is 0 Å². The van der Waals surface area contributed by atoms with Crippen molar-refractivity contribution in [2.45, 2.75) is 65.7 Å². The second kappa shape index (κ2) is 6.41. The summed E-state index contributed by atoms with van der Waals surface area (Å²) in [4.78, 5) is 24.1. The molecule has 1 aliphatic carbocycles. The molecule has 25 heavy (non-hydrogen) atoms. The quantitative estimate of drug-likeness (QED) is 0.555. The van der Waals surface area contributed by atoms with E-state index in [1.165, 1.54) is 34.0 Å². The maximum Gasteiger partial charge on any atom is 0.349 e. The second-order valence-corrected chi connectivity index (χ2v) is 11.7. The topological polar surface area (TPSA) is 86.7 Å². The van der Waals surface area contributed by atoms with Gasteiger partial charge in [-0.25, -0.2) is 13.2 Å². The van der Waals surface area contributed by atoms with Crippen molar-refractivity contribution in [1.29, 1.82) is 0 Å². The van der Waals surface area contributed by atoms with Gasteiger partial charge in [0, 0.05) is 0 Å². The number of ether oxygens (including phenoxy) is 2. The van der Waals surface area contributed by atoms with Gasteiger partial charge in [-0.05, 0) is 52.9 Å². The highest BCUT2D eigenvalue weighted by atomic mass is 32.2. The molecule has 1 saturated carbocycles. The SMILES string of the molecule is COC(=O)C1C(/C=C(\C(=O)OC(C)(C)C)S(=O)(=O)C(C)(C)C)C1(C)C. The minimum Gasteiger partial charge on any atom is -0.469 e. The van der Waals surface area contributed by atoms with Crippen LogP contribution in [0.4, 0.5) is 0 Å². The van der Waals surface area contributed by atoms with Crippen molar-refractivity contribution in [3.05, 3.63) is 11.0 Å². The highest BCUT2D eigenvalue weighted by Gasteiger charge is 2.62. The normalized spacial score (nSPS) is 23.8. The Hall–Kier alpha value is -1.37. The number of hydrogen-bond donors (Lipinski definition) is 0. The first-order valence-electron chi connectivity index (χ1n) is 8.24. The van der Waals surface area contributed by atoms with E-state index in [-0.39, 0.29) is 4.91 Å². The van der Waals surface area contributed by atoms with Gasteiger partial charge in [-0.15, -0.1) is 0 Å². The first-order valence-corrected chi connectivity index (χ1v) is 9.72. The van der Waals surface area contributed by atoms with Gasteiger partial charge in [0.05, 0.1) is 17.8 Å². The van der Waals surface area contributed by atoms with Crippen LogP contribution in [0.15, 0.2) is 11.0 Å². The molecule has 0 bridgehead atoms. The zero-order valence-corrected chi connectivity index (χ0v) is 17.4. The van der Waals surface area contributed by atoms with E-state index < -0.39 is 49.4 Å². The van der Waals surface area contributed by atoms with Gasteiger partial charge in [-0.1, -0.05) is 19.9 Å². The summed E-state index contributed by atoms with van der Waals surface area (Å²) >= 11 is 0. The van der Waals surface area contributed by atoms with Crippen molar-refractivity contribution in [3.8, 4) is 0 Å². The van der Waals surface area contributed by atoms with Crippen molar-refractivity contribution < 1.29 is 27.5 Å². The Morgan fingerprint density at radius 3 is 1.88 bits per heavy atom. The van der Waals surface area contributed by atoms with E-state index in [1.54, 1.807) is 20.8 Å². The Morgan fingerprint density at radius 1 is 1.04 bits per heavy atom. The molecule has 2 atom stereocenters. The molecule has 0 heterocycles. The van der Waals surface area contributed by atoms with Gasteiger partial charge in [0.1, 0.15) is 10.5 Å². The molecule has 0 radical (unpaired) electrons. The van der Waals surface area contributed by atoms with Crippen LogP contribution in [0.3, 0.4) is 0 Å². The summed E-state index contributed by atoms with van der Waals surface area (Å²) in [6.07, 6.45) is 1.37. The third kappa shape index (κ3) is 4.43. The second-order valence-electron chi connectivity index (χ2n) is 9.00. The van der Waals surface area contributed by atoms with Crippen molar-refractivity contribution in [2.75, 3.05) is 7.11 Å². The van der Waals surface area contributed by atoms with Crippen LogP contribution in [0.2, 0.25) is 0 Å². The molecule has 0 aromatic carbocycles. The third-order valence-corrected chi connectivity index (χ3v) is 6.89. The summed E-state index contributed by atoms with van der Waals surface area (Å²) in [7, 11) is -2.65. The van der Waals surface area contributed by atoms with E-state index in [0.717, 1.165) is 0 Å². The number of rotatable bonds is 4. The largest absolute Gasteiger partial charge is 0.469 e. The van der Waals surface area contributed by atoms with Crippen molar-refractivity contribution in [3.63, 3.8) is 0 Å². The summed E-state index contributed by atoms with van der Waals surface area (Å²) in [5.41, 5.74) is -1.31. The standard InChI is InChI=1S/C18H30O6S/c1-16(2,3)24-14(19)12(25(21,22)17(4,5)6)10-11-13(15(20)23-9)18(11,7)8/h10-11,13H,1-9H3/b12-10+. The minimum absolute atomic E-state index is 0.389. The average molecular weight is 374 g/mol. The highest BCUT2D eigenvalue weighted by molar-refractivity contribution is 7.97.